The summed E-state index contributed by atoms with van der Waals surface area (Å²) in [6.07, 6.45) is 4.03. The second kappa shape index (κ2) is 8.99. The van der Waals surface area contributed by atoms with E-state index in [0.29, 0.717) is 23.8 Å². The Hall–Kier alpha value is -2.45. The Bertz CT molecular complexity index is 674. The lowest BCUT2D eigenvalue weighted by Gasteiger charge is -2.21. The highest BCUT2D eigenvalue weighted by Gasteiger charge is 2.13. The number of carbonyl (C=O) groups is 1. The van der Waals surface area contributed by atoms with Crippen LogP contribution in [-0.2, 0) is 4.74 Å². The predicted octanol–water partition coefficient (Wildman–Crippen LogP) is 1.36. The highest BCUT2D eigenvalue weighted by Crippen LogP contribution is 2.07. The minimum absolute atomic E-state index is 0.277. The van der Waals surface area contributed by atoms with E-state index >= 15 is 0 Å². The SMILES string of the molecule is COCCCNC(=S)N(C)NC(=O)c1cnn(-c2ccccc2)c1. The fourth-order valence-electron chi connectivity index (χ4n) is 1.96. The van der Waals surface area contributed by atoms with Crippen LogP contribution in [0.25, 0.3) is 5.69 Å². The molecule has 0 spiro atoms. The topological polar surface area (TPSA) is 71.4 Å². The smallest absolute Gasteiger partial charge is 0.273 e. The third-order valence-electron chi connectivity index (χ3n) is 3.24. The molecule has 2 rings (SSSR count). The summed E-state index contributed by atoms with van der Waals surface area (Å²) in [5.41, 5.74) is 4.05. The number of carbonyl (C=O) groups excluding carboxylic acids is 1. The summed E-state index contributed by atoms with van der Waals surface area (Å²) in [5, 5.41) is 9.17. The van der Waals surface area contributed by atoms with Crippen LogP contribution >= 0.6 is 12.2 Å². The Labute approximate surface area is 146 Å². The first-order valence-corrected chi connectivity index (χ1v) is 7.94. The standard InChI is InChI=1S/C16H21N5O2S/c1-20(16(24)17-9-6-10-23-2)19-15(22)13-11-18-21(12-13)14-7-4-3-5-8-14/h3-5,7-8,11-12H,6,9-10H2,1-2H3,(H,17,24)(H,19,22). The van der Waals surface area contributed by atoms with Crippen molar-refractivity contribution in [3.8, 4) is 5.69 Å². The summed E-state index contributed by atoms with van der Waals surface area (Å²) in [6.45, 7) is 1.34. The molecule has 0 atom stereocenters. The maximum Gasteiger partial charge on any atom is 0.273 e. The Balaban J connectivity index is 1.88. The molecule has 8 heteroatoms. The van der Waals surface area contributed by atoms with Gasteiger partial charge >= 0.3 is 0 Å². The van der Waals surface area contributed by atoms with Gasteiger partial charge in [0, 0.05) is 33.5 Å². The molecule has 7 nitrogen and oxygen atoms in total. The number of hydrogen-bond acceptors (Lipinski definition) is 4. The predicted molar refractivity (Wildman–Crippen MR) is 95.9 cm³/mol. The minimum Gasteiger partial charge on any atom is -0.385 e. The van der Waals surface area contributed by atoms with Crippen LogP contribution in [0.15, 0.2) is 42.7 Å². The molecule has 2 aromatic rings. The van der Waals surface area contributed by atoms with Gasteiger partial charge in [0.15, 0.2) is 5.11 Å². The van der Waals surface area contributed by atoms with Crippen LogP contribution in [0.2, 0.25) is 0 Å². The van der Waals surface area contributed by atoms with Crippen molar-refractivity contribution in [1.82, 2.24) is 25.5 Å². The fourth-order valence-corrected chi connectivity index (χ4v) is 2.11. The number of hydrazine groups is 1. The Morgan fingerprint density at radius 1 is 1.38 bits per heavy atom. The van der Waals surface area contributed by atoms with Gasteiger partial charge in [0.1, 0.15) is 0 Å². The molecule has 0 aliphatic rings. The number of amides is 1. The van der Waals surface area contributed by atoms with Gasteiger partial charge in [-0.15, -0.1) is 0 Å². The van der Waals surface area contributed by atoms with Gasteiger partial charge in [-0.2, -0.15) is 5.10 Å². The van der Waals surface area contributed by atoms with Crippen molar-refractivity contribution < 1.29 is 9.53 Å². The van der Waals surface area contributed by atoms with Gasteiger partial charge in [-0.25, -0.2) is 4.68 Å². The lowest BCUT2D eigenvalue weighted by molar-refractivity contribution is 0.0886. The van der Waals surface area contributed by atoms with E-state index in [4.69, 9.17) is 17.0 Å². The van der Waals surface area contributed by atoms with Crippen LogP contribution in [-0.4, -0.2) is 53.1 Å². The quantitative estimate of drug-likeness (QED) is 0.467. The molecule has 1 heterocycles. The molecule has 2 N–H and O–H groups in total. The molecule has 24 heavy (non-hydrogen) atoms. The van der Waals surface area contributed by atoms with Gasteiger partial charge in [0.05, 0.1) is 17.4 Å². The number of ether oxygens (including phenoxy) is 1. The van der Waals surface area contributed by atoms with E-state index in [1.165, 1.54) is 11.2 Å². The summed E-state index contributed by atoms with van der Waals surface area (Å²) in [5.74, 6) is -0.277. The number of benzene rings is 1. The zero-order chi connectivity index (χ0) is 17.4. The summed E-state index contributed by atoms with van der Waals surface area (Å²) < 4.78 is 6.62. The van der Waals surface area contributed by atoms with E-state index in [-0.39, 0.29) is 5.91 Å². The molecule has 0 saturated carbocycles. The molecule has 0 fully saturated rings. The monoisotopic (exact) mass is 347 g/mol. The van der Waals surface area contributed by atoms with Crippen molar-refractivity contribution in [3.63, 3.8) is 0 Å². The molecule has 0 saturated heterocycles. The highest BCUT2D eigenvalue weighted by atomic mass is 32.1. The third kappa shape index (κ3) is 5.04. The second-order valence-electron chi connectivity index (χ2n) is 5.09. The van der Waals surface area contributed by atoms with E-state index in [9.17, 15) is 4.79 Å². The van der Waals surface area contributed by atoms with Gasteiger partial charge in [-0.1, -0.05) is 18.2 Å². The zero-order valence-electron chi connectivity index (χ0n) is 13.7. The van der Waals surface area contributed by atoms with Crippen molar-refractivity contribution >= 4 is 23.2 Å². The van der Waals surface area contributed by atoms with Crippen molar-refractivity contribution in [2.75, 3.05) is 27.3 Å². The first-order chi connectivity index (χ1) is 11.6. The largest absolute Gasteiger partial charge is 0.385 e. The lowest BCUT2D eigenvalue weighted by Crippen LogP contribution is -2.48. The van der Waals surface area contributed by atoms with Gasteiger partial charge in [-0.3, -0.25) is 15.2 Å². The molecule has 0 radical (unpaired) electrons. The van der Waals surface area contributed by atoms with E-state index < -0.39 is 0 Å². The number of hydrogen-bond donors (Lipinski definition) is 2. The third-order valence-corrected chi connectivity index (χ3v) is 3.66. The number of para-hydroxylation sites is 1. The van der Waals surface area contributed by atoms with Gasteiger partial charge in [-0.05, 0) is 30.8 Å². The van der Waals surface area contributed by atoms with Crippen molar-refractivity contribution in [3.05, 3.63) is 48.3 Å². The van der Waals surface area contributed by atoms with Gasteiger partial charge < -0.3 is 10.1 Å². The maximum atomic E-state index is 12.3. The molecule has 1 amide bonds. The van der Waals surface area contributed by atoms with Crippen LogP contribution in [0, 0.1) is 0 Å². The molecule has 0 unspecified atom stereocenters. The fraction of sp³-hybridized carbons (Fsp3) is 0.312. The molecule has 128 valence electrons. The Morgan fingerprint density at radius 3 is 2.83 bits per heavy atom. The molecule has 1 aromatic heterocycles. The van der Waals surface area contributed by atoms with E-state index in [0.717, 1.165) is 12.1 Å². The number of thiocarbonyl (C=S) groups is 1. The summed E-state index contributed by atoms with van der Waals surface area (Å²) in [6, 6.07) is 9.59. The van der Waals surface area contributed by atoms with Crippen LogP contribution in [0.3, 0.4) is 0 Å². The number of aromatic nitrogens is 2. The van der Waals surface area contributed by atoms with Crippen molar-refractivity contribution in [2.45, 2.75) is 6.42 Å². The zero-order valence-corrected chi connectivity index (χ0v) is 14.5. The van der Waals surface area contributed by atoms with E-state index in [2.05, 4.69) is 15.8 Å². The summed E-state index contributed by atoms with van der Waals surface area (Å²) in [4.78, 5) is 12.3. The van der Waals surface area contributed by atoms with Crippen LogP contribution in [0.5, 0.6) is 0 Å². The van der Waals surface area contributed by atoms with Crippen LogP contribution in [0.1, 0.15) is 16.8 Å². The van der Waals surface area contributed by atoms with Crippen molar-refractivity contribution in [1.29, 1.82) is 0 Å². The minimum atomic E-state index is -0.277. The molecular formula is C16H21N5O2S. The average Bonchev–Trinajstić information content (AvgIpc) is 3.09. The number of rotatable bonds is 6. The van der Waals surface area contributed by atoms with E-state index in [1.807, 2.05) is 30.3 Å². The number of methoxy groups -OCH3 is 1. The second-order valence-corrected chi connectivity index (χ2v) is 5.47. The molecule has 0 bridgehead atoms. The lowest BCUT2D eigenvalue weighted by atomic mass is 10.3. The molecular weight excluding hydrogens is 326 g/mol. The number of nitrogens with zero attached hydrogens (tertiary/aromatic N) is 3. The molecule has 0 aliphatic carbocycles. The van der Waals surface area contributed by atoms with Crippen LogP contribution < -0.4 is 10.7 Å². The number of nitrogens with one attached hydrogen (secondary N) is 2. The normalized spacial score (nSPS) is 10.2. The van der Waals surface area contributed by atoms with Gasteiger partial charge in [0.2, 0.25) is 0 Å². The molecule has 0 aliphatic heterocycles. The summed E-state index contributed by atoms with van der Waals surface area (Å²) in [7, 11) is 3.34. The van der Waals surface area contributed by atoms with E-state index in [1.54, 1.807) is 25.0 Å². The highest BCUT2D eigenvalue weighted by molar-refractivity contribution is 7.80. The summed E-state index contributed by atoms with van der Waals surface area (Å²) >= 11 is 5.21. The van der Waals surface area contributed by atoms with Crippen molar-refractivity contribution in [2.24, 2.45) is 0 Å². The first-order valence-electron chi connectivity index (χ1n) is 7.53. The van der Waals surface area contributed by atoms with Gasteiger partial charge in [0.25, 0.3) is 5.91 Å². The maximum absolute atomic E-state index is 12.3. The Morgan fingerprint density at radius 2 is 2.12 bits per heavy atom. The van der Waals surface area contributed by atoms with Crippen LogP contribution in [0.4, 0.5) is 0 Å². The molecule has 1 aromatic carbocycles. The average molecular weight is 347 g/mol. The Kier molecular flexibility index (Phi) is 6.71. The first kappa shape index (κ1) is 17.9.